The van der Waals surface area contributed by atoms with Crippen LogP contribution in [0.15, 0.2) is 34.1 Å². The Kier molecular flexibility index (Phi) is 5.46. The van der Waals surface area contributed by atoms with Crippen LogP contribution >= 0.6 is 38.9 Å². The first-order valence-electron chi connectivity index (χ1n) is 6.09. The third-order valence-corrected chi connectivity index (χ3v) is 4.31. The van der Waals surface area contributed by atoms with Crippen LogP contribution in [0.5, 0.6) is 5.75 Å². The van der Waals surface area contributed by atoms with Gasteiger partial charge >= 0.3 is 0 Å². The molecule has 0 bridgehead atoms. The van der Waals surface area contributed by atoms with E-state index < -0.39 is 0 Å². The first-order chi connectivity index (χ1) is 9.60. The normalized spacial score (nSPS) is 10.3. The number of carbonyl (C=O) groups excluding carboxylic acids is 1. The van der Waals surface area contributed by atoms with Gasteiger partial charge in [-0.05, 0) is 52.7 Å². The molecular weight excluding hydrogens is 362 g/mol. The summed E-state index contributed by atoms with van der Waals surface area (Å²) in [6.07, 6.45) is 0.897. The Morgan fingerprint density at radius 1 is 1.40 bits per heavy atom. The van der Waals surface area contributed by atoms with Crippen molar-refractivity contribution in [3.63, 3.8) is 0 Å². The summed E-state index contributed by atoms with van der Waals surface area (Å²) in [6.45, 7) is 2.62. The number of benzene rings is 1. The van der Waals surface area contributed by atoms with Gasteiger partial charge in [-0.3, -0.25) is 4.79 Å². The molecule has 0 aliphatic carbocycles. The Morgan fingerprint density at radius 2 is 2.20 bits per heavy atom. The minimum absolute atomic E-state index is 0.177. The lowest BCUT2D eigenvalue weighted by Gasteiger charge is -2.12. The molecule has 1 heterocycles. The van der Waals surface area contributed by atoms with Crippen LogP contribution in [0.25, 0.3) is 0 Å². The molecule has 6 heteroatoms. The van der Waals surface area contributed by atoms with Crippen molar-refractivity contribution in [2.24, 2.45) is 0 Å². The standard InChI is InChI=1S/C14H13BrClNO2S/c1-2-7-19-11-4-3-9(16)8-10(11)17-14(18)12-5-6-13(15)20-12/h3-6,8H,2,7H2,1H3,(H,17,18). The Labute approximate surface area is 135 Å². The second kappa shape index (κ2) is 7.11. The van der Waals surface area contributed by atoms with E-state index in [9.17, 15) is 4.79 Å². The largest absolute Gasteiger partial charge is 0.491 e. The summed E-state index contributed by atoms with van der Waals surface area (Å²) < 4.78 is 6.52. The monoisotopic (exact) mass is 373 g/mol. The third-order valence-electron chi connectivity index (χ3n) is 2.45. The number of carbonyl (C=O) groups is 1. The molecule has 0 unspecified atom stereocenters. The lowest BCUT2D eigenvalue weighted by atomic mass is 10.3. The third kappa shape index (κ3) is 3.98. The van der Waals surface area contributed by atoms with Crippen molar-refractivity contribution in [1.82, 2.24) is 0 Å². The van der Waals surface area contributed by atoms with Gasteiger partial charge in [-0.1, -0.05) is 18.5 Å². The molecule has 0 radical (unpaired) electrons. The number of amides is 1. The Balaban J connectivity index is 2.18. The van der Waals surface area contributed by atoms with Crippen molar-refractivity contribution in [3.05, 3.63) is 44.0 Å². The fourth-order valence-electron chi connectivity index (χ4n) is 1.56. The Bertz CT molecular complexity index is 615. The van der Waals surface area contributed by atoms with E-state index in [1.807, 2.05) is 13.0 Å². The molecule has 1 N–H and O–H groups in total. The molecule has 1 aromatic heterocycles. The minimum Gasteiger partial charge on any atom is -0.491 e. The molecule has 0 spiro atoms. The highest BCUT2D eigenvalue weighted by molar-refractivity contribution is 9.11. The van der Waals surface area contributed by atoms with Crippen LogP contribution in [0.4, 0.5) is 5.69 Å². The number of ether oxygens (including phenoxy) is 1. The molecule has 106 valence electrons. The zero-order valence-corrected chi connectivity index (χ0v) is 13.9. The van der Waals surface area contributed by atoms with Gasteiger partial charge < -0.3 is 10.1 Å². The maximum Gasteiger partial charge on any atom is 0.265 e. The zero-order chi connectivity index (χ0) is 14.5. The van der Waals surface area contributed by atoms with Gasteiger partial charge in [0.05, 0.1) is 21.0 Å². The van der Waals surface area contributed by atoms with Crippen LogP contribution in [-0.2, 0) is 0 Å². The number of nitrogens with one attached hydrogen (secondary N) is 1. The van der Waals surface area contributed by atoms with Crippen LogP contribution in [0.1, 0.15) is 23.0 Å². The van der Waals surface area contributed by atoms with Gasteiger partial charge in [-0.2, -0.15) is 0 Å². The molecule has 1 amide bonds. The molecule has 0 fully saturated rings. The first-order valence-corrected chi connectivity index (χ1v) is 8.08. The molecule has 2 rings (SSSR count). The maximum atomic E-state index is 12.1. The van der Waals surface area contributed by atoms with E-state index in [0.717, 1.165) is 10.2 Å². The molecule has 1 aromatic carbocycles. The molecule has 2 aromatic rings. The van der Waals surface area contributed by atoms with E-state index in [0.29, 0.717) is 27.9 Å². The fraction of sp³-hybridized carbons (Fsp3) is 0.214. The first kappa shape index (κ1) is 15.4. The van der Waals surface area contributed by atoms with Gasteiger partial charge in [0.1, 0.15) is 5.75 Å². The SMILES string of the molecule is CCCOc1ccc(Cl)cc1NC(=O)c1ccc(Br)s1. The number of thiophene rings is 1. The topological polar surface area (TPSA) is 38.3 Å². The highest BCUT2D eigenvalue weighted by Crippen LogP contribution is 2.30. The minimum atomic E-state index is -0.177. The molecule has 0 saturated heterocycles. The van der Waals surface area contributed by atoms with Crippen LogP contribution in [0.2, 0.25) is 5.02 Å². The summed E-state index contributed by atoms with van der Waals surface area (Å²) in [4.78, 5) is 12.8. The van der Waals surface area contributed by atoms with E-state index in [-0.39, 0.29) is 5.91 Å². The zero-order valence-electron chi connectivity index (χ0n) is 10.8. The predicted octanol–water partition coefficient (Wildman–Crippen LogP) is 5.21. The second-order valence-electron chi connectivity index (χ2n) is 4.05. The highest BCUT2D eigenvalue weighted by Gasteiger charge is 2.12. The van der Waals surface area contributed by atoms with Gasteiger partial charge in [-0.25, -0.2) is 0 Å². The average Bonchev–Trinajstić information content (AvgIpc) is 2.85. The number of rotatable bonds is 5. The molecule has 20 heavy (non-hydrogen) atoms. The van der Waals surface area contributed by atoms with Gasteiger partial charge in [0.2, 0.25) is 0 Å². The van der Waals surface area contributed by atoms with Gasteiger partial charge in [-0.15, -0.1) is 11.3 Å². The van der Waals surface area contributed by atoms with Crippen molar-refractivity contribution in [1.29, 1.82) is 0 Å². The number of hydrogen-bond acceptors (Lipinski definition) is 3. The Morgan fingerprint density at radius 3 is 2.85 bits per heavy atom. The lowest BCUT2D eigenvalue weighted by molar-refractivity contribution is 0.103. The number of anilines is 1. The summed E-state index contributed by atoms with van der Waals surface area (Å²) in [5.41, 5.74) is 0.584. The van der Waals surface area contributed by atoms with Crippen LogP contribution < -0.4 is 10.1 Å². The number of hydrogen-bond donors (Lipinski definition) is 1. The van der Waals surface area contributed by atoms with Crippen molar-refractivity contribution < 1.29 is 9.53 Å². The quantitative estimate of drug-likeness (QED) is 0.780. The molecule has 0 aliphatic rings. The second-order valence-corrected chi connectivity index (χ2v) is 6.95. The lowest BCUT2D eigenvalue weighted by Crippen LogP contribution is -2.11. The summed E-state index contributed by atoms with van der Waals surface area (Å²) in [7, 11) is 0. The van der Waals surface area contributed by atoms with Crippen molar-refractivity contribution in [2.45, 2.75) is 13.3 Å². The fourth-order valence-corrected chi connectivity index (χ4v) is 3.01. The van der Waals surface area contributed by atoms with Gasteiger partial charge in [0.25, 0.3) is 5.91 Å². The molecular formula is C14H13BrClNO2S. The van der Waals surface area contributed by atoms with Crippen molar-refractivity contribution in [3.8, 4) is 5.75 Å². The maximum absolute atomic E-state index is 12.1. The molecule has 3 nitrogen and oxygen atoms in total. The summed E-state index contributed by atoms with van der Waals surface area (Å²) in [6, 6.07) is 8.79. The molecule has 0 saturated carbocycles. The summed E-state index contributed by atoms with van der Waals surface area (Å²) >= 11 is 10.7. The summed E-state index contributed by atoms with van der Waals surface area (Å²) in [5.74, 6) is 0.449. The number of halogens is 2. The van der Waals surface area contributed by atoms with E-state index in [1.165, 1.54) is 11.3 Å². The van der Waals surface area contributed by atoms with E-state index in [1.54, 1.807) is 24.3 Å². The van der Waals surface area contributed by atoms with Crippen molar-refractivity contribution in [2.75, 3.05) is 11.9 Å². The van der Waals surface area contributed by atoms with Crippen molar-refractivity contribution >= 4 is 50.5 Å². The Hall–Kier alpha value is -1.04. The molecule has 0 aliphatic heterocycles. The van der Waals surface area contributed by atoms with Gasteiger partial charge in [0, 0.05) is 5.02 Å². The molecule has 0 atom stereocenters. The highest BCUT2D eigenvalue weighted by atomic mass is 79.9. The van der Waals surface area contributed by atoms with Crippen LogP contribution in [0.3, 0.4) is 0 Å². The van der Waals surface area contributed by atoms with Crippen LogP contribution in [0, 0.1) is 0 Å². The predicted molar refractivity (Wildman–Crippen MR) is 87.2 cm³/mol. The van der Waals surface area contributed by atoms with E-state index in [2.05, 4.69) is 21.2 Å². The average molecular weight is 375 g/mol. The van der Waals surface area contributed by atoms with E-state index >= 15 is 0 Å². The van der Waals surface area contributed by atoms with E-state index in [4.69, 9.17) is 16.3 Å². The smallest absolute Gasteiger partial charge is 0.265 e. The van der Waals surface area contributed by atoms with Crippen LogP contribution in [-0.4, -0.2) is 12.5 Å². The summed E-state index contributed by atoms with van der Waals surface area (Å²) in [5, 5.41) is 3.38. The van der Waals surface area contributed by atoms with Gasteiger partial charge in [0.15, 0.2) is 0 Å².